The lowest BCUT2D eigenvalue weighted by Crippen LogP contribution is -2.36. The van der Waals surface area contributed by atoms with Crippen LogP contribution in [0.5, 0.6) is 5.75 Å². The Morgan fingerprint density at radius 2 is 2.10 bits per heavy atom. The van der Waals surface area contributed by atoms with Crippen molar-refractivity contribution in [1.29, 1.82) is 0 Å². The van der Waals surface area contributed by atoms with Crippen LogP contribution in [0.25, 0.3) is 0 Å². The summed E-state index contributed by atoms with van der Waals surface area (Å²) in [5.41, 5.74) is 3.46. The van der Waals surface area contributed by atoms with Gasteiger partial charge in [0, 0.05) is 0 Å². The molecule has 0 bridgehead atoms. The summed E-state index contributed by atoms with van der Waals surface area (Å²) in [7, 11) is 0. The molecule has 1 saturated carbocycles. The minimum Gasteiger partial charge on any atom is -0.508 e. The first-order valence-electron chi connectivity index (χ1n) is 8.94. The molecule has 0 radical (unpaired) electrons. The van der Waals surface area contributed by atoms with Crippen LogP contribution in [0.15, 0.2) is 18.2 Å². The normalized spacial score (nSPS) is 31.5. The second-order valence-electron chi connectivity index (χ2n) is 7.73. The highest BCUT2D eigenvalue weighted by Gasteiger charge is 2.43. The molecule has 0 heterocycles. The predicted octanol–water partition coefficient (Wildman–Crippen LogP) is 5.81. The van der Waals surface area contributed by atoms with Crippen molar-refractivity contribution < 1.29 is 5.11 Å². The van der Waals surface area contributed by atoms with Gasteiger partial charge < -0.3 is 5.11 Å². The molecule has 2 aliphatic carbocycles. The van der Waals surface area contributed by atoms with Crippen molar-refractivity contribution in [2.45, 2.75) is 77.6 Å². The summed E-state index contributed by atoms with van der Waals surface area (Å²) < 4.78 is 0. The van der Waals surface area contributed by atoms with Crippen LogP contribution < -0.4 is 0 Å². The molecule has 3 unspecified atom stereocenters. The Labute approximate surface area is 129 Å². The average molecular weight is 286 g/mol. The van der Waals surface area contributed by atoms with Gasteiger partial charge in [-0.05, 0) is 72.6 Å². The van der Waals surface area contributed by atoms with Gasteiger partial charge in [0.05, 0.1) is 0 Å². The Bertz CT molecular complexity index is 493. The fourth-order valence-corrected chi connectivity index (χ4v) is 4.76. The largest absolute Gasteiger partial charge is 0.508 e. The topological polar surface area (TPSA) is 20.2 Å². The van der Waals surface area contributed by atoms with Crippen LogP contribution in [-0.4, -0.2) is 5.11 Å². The first-order valence-corrected chi connectivity index (χ1v) is 8.94. The summed E-state index contributed by atoms with van der Waals surface area (Å²) in [6, 6.07) is 6.11. The fourth-order valence-electron chi connectivity index (χ4n) is 4.76. The van der Waals surface area contributed by atoms with Gasteiger partial charge >= 0.3 is 0 Å². The highest BCUT2D eigenvalue weighted by Crippen LogP contribution is 2.55. The van der Waals surface area contributed by atoms with Crippen molar-refractivity contribution in [2.24, 2.45) is 11.3 Å². The first kappa shape index (κ1) is 14.9. The van der Waals surface area contributed by atoms with Crippen molar-refractivity contribution in [3.05, 3.63) is 29.3 Å². The minimum atomic E-state index is 0.438. The SMILES string of the molecule is CCCCCC1CCC2(C)CCc3cc(O)ccc3C2C1. The molecule has 3 atom stereocenters. The second-order valence-corrected chi connectivity index (χ2v) is 7.73. The van der Waals surface area contributed by atoms with Gasteiger partial charge in [0.2, 0.25) is 0 Å². The molecule has 2 aliphatic rings. The van der Waals surface area contributed by atoms with Crippen LogP contribution >= 0.6 is 0 Å². The third kappa shape index (κ3) is 2.98. The predicted molar refractivity (Wildman–Crippen MR) is 88.8 cm³/mol. The monoisotopic (exact) mass is 286 g/mol. The van der Waals surface area contributed by atoms with Gasteiger partial charge in [-0.15, -0.1) is 0 Å². The highest BCUT2D eigenvalue weighted by molar-refractivity contribution is 5.40. The lowest BCUT2D eigenvalue weighted by Gasteiger charge is -2.48. The zero-order valence-electron chi connectivity index (χ0n) is 13.7. The Morgan fingerprint density at radius 1 is 1.24 bits per heavy atom. The summed E-state index contributed by atoms with van der Waals surface area (Å²) in [4.78, 5) is 0. The molecule has 0 saturated heterocycles. The van der Waals surface area contributed by atoms with Crippen LogP contribution in [0.4, 0.5) is 0 Å². The third-order valence-corrected chi connectivity index (χ3v) is 6.22. The van der Waals surface area contributed by atoms with Crippen molar-refractivity contribution in [3.8, 4) is 5.75 Å². The van der Waals surface area contributed by atoms with E-state index in [2.05, 4.69) is 19.9 Å². The number of unbranched alkanes of at least 4 members (excludes halogenated alkanes) is 2. The number of phenols is 1. The molecular weight excluding hydrogens is 256 g/mol. The van der Waals surface area contributed by atoms with E-state index in [1.54, 1.807) is 5.56 Å². The van der Waals surface area contributed by atoms with Gasteiger partial charge in [0.1, 0.15) is 5.75 Å². The lowest BCUT2D eigenvalue weighted by molar-refractivity contribution is 0.107. The molecule has 1 nitrogen and oxygen atoms in total. The molecule has 1 N–H and O–H groups in total. The summed E-state index contributed by atoms with van der Waals surface area (Å²) in [6.45, 7) is 4.80. The van der Waals surface area contributed by atoms with E-state index < -0.39 is 0 Å². The van der Waals surface area contributed by atoms with Crippen molar-refractivity contribution in [1.82, 2.24) is 0 Å². The maximum absolute atomic E-state index is 9.74. The quantitative estimate of drug-likeness (QED) is 0.693. The van der Waals surface area contributed by atoms with E-state index in [0.29, 0.717) is 11.2 Å². The Balaban J connectivity index is 1.77. The first-order chi connectivity index (χ1) is 10.1. The van der Waals surface area contributed by atoms with Crippen LogP contribution in [-0.2, 0) is 6.42 Å². The molecule has 1 aromatic rings. The summed E-state index contributed by atoms with van der Waals surface area (Å²) in [5.74, 6) is 2.09. The molecule has 1 aromatic carbocycles. The third-order valence-electron chi connectivity index (χ3n) is 6.22. The summed E-state index contributed by atoms with van der Waals surface area (Å²) in [6.07, 6.45) is 12.2. The van der Waals surface area contributed by atoms with E-state index in [-0.39, 0.29) is 0 Å². The number of rotatable bonds is 4. The number of aromatic hydroxyl groups is 1. The highest BCUT2D eigenvalue weighted by atomic mass is 16.3. The fraction of sp³-hybridized carbons (Fsp3) is 0.700. The molecular formula is C20H30O. The maximum Gasteiger partial charge on any atom is 0.115 e. The number of hydrogen-bond donors (Lipinski definition) is 1. The van der Waals surface area contributed by atoms with Gasteiger partial charge in [-0.1, -0.05) is 45.6 Å². The van der Waals surface area contributed by atoms with E-state index >= 15 is 0 Å². The average Bonchev–Trinajstić information content (AvgIpc) is 2.48. The summed E-state index contributed by atoms with van der Waals surface area (Å²) >= 11 is 0. The van der Waals surface area contributed by atoms with E-state index in [1.807, 2.05) is 12.1 Å². The van der Waals surface area contributed by atoms with Crippen molar-refractivity contribution in [2.75, 3.05) is 0 Å². The Hall–Kier alpha value is -0.980. The number of fused-ring (bicyclic) bond motifs is 3. The van der Waals surface area contributed by atoms with Gasteiger partial charge in [0.25, 0.3) is 0 Å². The Kier molecular flexibility index (Phi) is 4.28. The van der Waals surface area contributed by atoms with Crippen LogP contribution in [0.1, 0.15) is 82.3 Å². The number of phenolic OH excluding ortho intramolecular Hbond substituents is 1. The van der Waals surface area contributed by atoms with E-state index in [1.165, 1.54) is 56.9 Å². The standard InChI is InChI=1S/C20H30O/c1-3-4-5-6-15-9-11-20(2)12-10-16-14-17(21)7-8-18(16)19(20)13-15/h7-8,14-15,19,21H,3-6,9-13H2,1-2H3. The van der Waals surface area contributed by atoms with E-state index in [9.17, 15) is 5.11 Å². The number of benzene rings is 1. The van der Waals surface area contributed by atoms with E-state index in [4.69, 9.17) is 0 Å². The molecule has 0 aliphatic heterocycles. The number of aryl methyl sites for hydroxylation is 1. The van der Waals surface area contributed by atoms with Crippen molar-refractivity contribution in [3.63, 3.8) is 0 Å². The molecule has 116 valence electrons. The number of hydrogen-bond acceptors (Lipinski definition) is 1. The molecule has 21 heavy (non-hydrogen) atoms. The molecule has 1 heteroatoms. The maximum atomic E-state index is 9.74. The van der Waals surface area contributed by atoms with Gasteiger partial charge in [-0.25, -0.2) is 0 Å². The van der Waals surface area contributed by atoms with Crippen LogP contribution in [0.2, 0.25) is 0 Å². The minimum absolute atomic E-state index is 0.438. The van der Waals surface area contributed by atoms with Gasteiger partial charge in [0.15, 0.2) is 0 Å². The summed E-state index contributed by atoms with van der Waals surface area (Å²) in [5, 5.41) is 9.74. The lowest BCUT2D eigenvalue weighted by atomic mass is 9.56. The van der Waals surface area contributed by atoms with Crippen LogP contribution in [0, 0.1) is 11.3 Å². The molecule has 0 spiro atoms. The zero-order valence-corrected chi connectivity index (χ0v) is 13.7. The molecule has 1 fully saturated rings. The van der Waals surface area contributed by atoms with Crippen molar-refractivity contribution >= 4 is 0 Å². The zero-order chi connectivity index (χ0) is 14.9. The Morgan fingerprint density at radius 3 is 2.90 bits per heavy atom. The molecule has 0 amide bonds. The van der Waals surface area contributed by atoms with E-state index in [0.717, 1.165) is 18.3 Å². The van der Waals surface area contributed by atoms with Gasteiger partial charge in [-0.3, -0.25) is 0 Å². The molecule has 0 aromatic heterocycles. The van der Waals surface area contributed by atoms with Gasteiger partial charge in [-0.2, -0.15) is 0 Å². The second kappa shape index (κ2) is 6.02. The van der Waals surface area contributed by atoms with Crippen LogP contribution in [0.3, 0.4) is 0 Å². The smallest absolute Gasteiger partial charge is 0.115 e. The molecule has 3 rings (SSSR count).